The summed E-state index contributed by atoms with van der Waals surface area (Å²) < 4.78 is 81.2. The zero-order valence-corrected chi connectivity index (χ0v) is 14.2. The average Bonchev–Trinajstić information content (AvgIpc) is 2.06. The molecule has 0 amide bonds. The maximum atomic E-state index is 11.1. The molecule has 0 spiro atoms. The van der Waals surface area contributed by atoms with Gasteiger partial charge in [0.1, 0.15) is 0 Å². The van der Waals surface area contributed by atoms with E-state index in [2.05, 4.69) is 0 Å². The molecule has 1 saturated carbocycles. The van der Waals surface area contributed by atoms with Crippen molar-refractivity contribution in [3.8, 4) is 0 Å². The third-order valence-corrected chi connectivity index (χ3v) is 4.38. The first-order chi connectivity index (χ1) is 9.23. The molecule has 0 bridgehead atoms. The van der Waals surface area contributed by atoms with Gasteiger partial charge in [0.2, 0.25) is 0 Å². The Kier molecular flexibility index (Phi) is 5.78. The SMILES string of the molecule is CS(=O)(=O)OC1CC(OS(C)(=O)=O)CC(OS(C)(=O)=O)C1. The summed E-state index contributed by atoms with van der Waals surface area (Å²) in [4.78, 5) is 0. The molecule has 1 rings (SSSR count). The minimum absolute atomic E-state index is 0.00373. The third-order valence-electron chi connectivity index (χ3n) is 2.51. The Labute approximate surface area is 124 Å². The molecule has 0 aromatic rings. The summed E-state index contributed by atoms with van der Waals surface area (Å²) in [5.41, 5.74) is 0. The van der Waals surface area contributed by atoms with Crippen LogP contribution >= 0.6 is 0 Å². The van der Waals surface area contributed by atoms with Crippen molar-refractivity contribution < 1.29 is 37.8 Å². The van der Waals surface area contributed by atoms with Crippen LogP contribution in [0.4, 0.5) is 0 Å². The van der Waals surface area contributed by atoms with Crippen LogP contribution in [0.15, 0.2) is 0 Å². The van der Waals surface area contributed by atoms with Crippen molar-refractivity contribution >= 4 is 30.4 Å². The van der Waals surface area contributed by atoms with Crippen LogP contribution in [0.3, 0.4) is 0 Å². The van der Waals surface area contributed by atoms with E-state index in [4.69, 9.17) is 12.5 Å². The highest BCUT2D eigenvalue weighted by molar-refractivity contribution is 7.86. The average molecular weight is 366 g/mol. The van der Waals surface area contributed by atoms with Gasteiger partial charge in [-0.3, -0.25) is 12.5 Å². The number of rotatable bonds is 6. The van der Waals surface area contributed by atoms with Crippen LogP contribution in [0.5, 0.6) is 0 Å². The lowest BCUT2D eigenvalue weighted by atomic mass is 9.93. The van der Waals surface area contributed by atoms with Crippen molar-refractivity contribution in [3.05, 3.63) is 0 Å². The van der Waals surface area contributed by atoms with Gasteiger partial charge >= 0.3 is 0 Å². The van der Waals surface area contributed by atoms with Gasteiger partial charge in [-0.25, -0.2) is 0 Å². The van der Waals surface area contributed by atoms with Crippen LogP contribution in [0.25, 0.3) is 0 Å². The van der Waals surface area contributed by atoms with Crippen molar-refractivity contribution in [2.45, 2.75) is 37.6 Å². The van der Waals surface area contributed by atoms with Gasteiger partial charge in [0, 0.05) is 19.3 Å². The quantitative estimate of drug-likeness (QED) is 0.555. The fourth-order valence-corrected chi connectivity index (χ4v) is 4.10. The van der Waals surface area contributed by atoms with Gasteiger partial charge in [-0.05, 0) is 0 Å². The molecule has 0 N–H and O–H groups in total. The Balaban J connectivity index is 2.87. The molecule has 21 heavy (non-hydrogen) atoms. The Morgan fingerprint density at radius 2 is 0.762 bits per heavy atom. The number of hydrogen-bond donors (Lipinski definition) is 0. The zero-order chi connectivity index (χ0) is 16.5. The minimum atomic E-state index is -3.77. The monoisotopic (exact) mass is 366 g/mol. The molecule has 1 aliphatic carbocycles. The molecule has 0 aliphatic heterocycles. The van der Waals surface area contributed by atoms with E-state index in [1.165, 1.54) is 0 Å². The highest BCUT2D eigenvalue weighted by atomic mass is 32.2. The molecule has 0 atom stereocenters. The standard InChI is InChI=1S/C9H18O9S3/c1-19(10,11)16-7-4-8(17-20(2,12)13)6-9(5-7)18-21(3,14)15/h7-9H,4-6H2,1-3H3. The molecule has 0 radical (unpaired) electrons. The van der Waals surface area contributed by atoms with E-state index in [0.29, 0.717) is 0 Å². The van der Waals surface area contributed by atoms with E-state index < -0.39 is 48.7 Å². The van der Waals surface area contributed by atoms with Crippen LogP contribution in [0.2, 0.25) is 0 Å². The van der Waals surface area contributed by atoms with E-state index in [1.807, 2.05) is 0 Å². The van der Waals surface area contributed by atoms with Gasteiger partial charge in [0.05, 0.1) is 37.1 Å². The van der Waals surface area contributed by atoms with E-state index in [9.17, 15) is 25.3 Å². The van der Waals surface area contributed by atoms with E-state index in [0.717, 1.165) is 18.8 Å². The van der Waals surface area contributed by atoms with E-state index in [1.54, 1.807) is 0 Å². The molecule has 1 fully saturated rings. The van der Waals surface area contributed by atoms with Crippen LogP contribution in [-0.4, -0.2) is 62.3 Å². The van der Waals surface area contributed by atoms with Crippen molar-refractivity contribution in [3.63, 3.8) is 0 Å². The fourth-order valence-electron chi connectivity index (χ4n) is 2.15. The molecular weight excluding hydrogens is 348 g/mol. The Hall–Kier alpha value is -0.270. The van der Waals surface area contributed by atoms with Gasteiger partial charge in [0.25, 0.3) is 30.4 Å². The summed E-state index contributed by atoms with van der Waals surface area (Å²) in [7, 11) is -11.3. The second-order valence-corrected chi connectivity index (χ2v) is 9.78. The smallest absolute Gasteiger partial charge is 0.264 e. The van der Waals surface area contributed by atoms with Crippen molar-refractivity contribution in [2.75, 3.05) is 18.8 Å². The largest absolute Gasteiger partial charge is 0.267 e. The predicted octanol–water partition coefficient (Wildman–Crippen LogP) is -0.795. The molecule has 1 aliphatic rings. The summed E-state index contributed by atoms with van der Waals surface area (Å²) in [6, 6.07) is 0. The maximum Gasteiger partial charge on any atom is 0.264 e. The summed E-state index contributed by atoms with van der Waals surface area (Å²) in [5, 5.41) is 0. The van der Waals surface area contributed by atoms with Crippen LogP contribution in [0, 0.1) is 0 Å². The maximum absolute atomic E-state index is 11.1. The molecule has 0 unspecified atom stereocenters. The lowest BCUT2D eigenvalue weighted by Crippen LogP contribution is -2.39. The van der Waals surface area contributed by atoms with Crippen molar-refractivity contribution in [1.29, 1.82) is 0 Å². The Morgan fingerprint density at radius 3 is 0.905 bits per heavy atom. The summed E-state index contributed by atoms with van der Waals surface area (Å²) in [6.45, 7) is 0. The zero-order valence-electron chi connectivity index (χ0n) is 11.8. The highest BCUT2D eigenvalue weighted by Gasteiger charge is 2.35. The van der Waals surface area contributed by atoms with Gasteiger partial charge in [-0.15, -0.1) is 0 Å². The minimum Gasteiger partial charge on any atom is -0.267 e. The fraction of sp³-hybridized carbons (Fsp3) is 1.00. The van der Waals surface area contributed by atoms with Crippen LogP contribution in [-0.2, 0) is 42.9 Å². The lowest BCUT2D eigenvalue weighted by Gasteiger charge is -2.32. The predicted molar refractivity (Wildman–Crippen MR) is 73.0 cm³/mol. The topological polar surface area (TPSA) is 130 Å². The van der Waals surface area contributed by atoms with Crippen molar-refractivity contribution in [1.82, 2.24) is 0 Å². The van der Waals surface area contributed by atoms with Gasteiger partial charge in [-0.2, -0.15) is 25.3 Å². The Morgan fingerprint density at radius 1 is 0.571 bits per heavy atom. The van der Waals surface area contributed by atoms with E-state index >= 15 is 0 Å². The number of hydrogen-bond acceptors (Lipinski definition) is 9. The third kappa shape index (κ3) is 8.68. The molecule has 12 heteroatoms. The first-order valence-corrected chi connectivity index (χ1v) is 11.3. The molecule has 0 aromatic carbocycles. The molecule has 126 valence electrons. The molecule has 9 nitrogen and oxygen atoms in total. The summed E-state index contributed by atoms with van der Waals surface area (Å²) in [6.07, 6.45) is -0.176. The molecule has 0 aromatic heterocycles. The van der Waals surface area contributed by atoms with Gasteiger partial charge < -0.3 is 0 Å². The second kappa shape index (κ2) is 6.46. The van der Waals surface area contributed by atoms with Crippen molar-refractivity contribution in [2.24, 2.45) is 0 Å². The second-order valence-electron chi connectivity index (χ2n) is 4.97. The Bertz CT molecular complexity index is 560. The lowest BCUT2D eigenvalue weighted by molar-refractivity contribution is 0.0138. The highest BCUT2D eigenvalue weighted by Crippen LogP contribution is 2.28. The van der Waals surface area contributed by atoms with Crippen LogP contribution < -0.4 is 0 Å². The first kappa shape index (κ1) is 18.8. The van der Waals surface area contributed by atoms with E-state index in [-0.39, 0.29) is 19.3 Å². The van der Waals surface area contributed by atoms with Gasteiger partial charge in [-0.1, -0.05) is 0 Å². The summed E-state index contributed by atoms with van der Waals surface area (Å²) in [5.74, 6) is 0. The molecule has 0 saturated heterocycles. The van der Waals surface area contributed by atoms with Gasteiger partial charge in [0.15, 0.2) is 0 Å². The molecular formula is C9H18O9S3. The first-order valence-electron chi connectivity index (χ1n) is 5.88. The normalized spacial score (nSPS) is 28.4. The molecule has 0 heterocycles. The van der Waals surface area contributed by atoms with Crippen LogP contribution in [0.1, 0.15) is 19.3 Å². The summed E-state index contributed by atoms with van der Waals surface area (Å²) >= 11 is 0.